The minimum atomic E-state index is 0.0422. The van der Waals surface area contributed by atoms with Crippen molar-refractivity contribution in [2.45, 2.75) is 19.4 Å². The number of ether oxygens (including phenoxy) is 1. The van der Waals surface area contributed by atoms with Gasteiger partial charge in [-0.05, 0) is 41.6 Å². The highest BCUT2D eigenvalue weighted by Crippen LogP contribution is 2.15. The Morgan fingerprint density at radius 3 is 2.88 bits per heavy atom. The van der Waals surface area contributed by atoms with Crippen LogP contribution in [-0.4, -0.2) is 24.1 Å². The van der Waals surface area contributed by atoms with E-state index in [1.165, 1.54) is 10.9 Å². The maximum Gasteiger partial charge on any atom is 0.224 e. The van der Waals surface area contributed by atoms with E-state index in [0.29, 0.717) is 13.0 Å². The average Bonchev–Trinajstić information content (AvgIpc) is 3.02. The summed E-state index contributed by atoms with van der Waals surface area (Å²) in [7, 11) is 1.63. The fourth-order valence-electron chi connectivity index (χ4n) is 2.84. The van der Waals surface area contributed by atoms with Gasteiger partial charge in [-0.2, -0.15) is 0 Å². The van der Waals surface area contributed by atoms with Gasteiger partial charge in [0.1, 0.15) is 5.75 Å². The second kappa shape index (κ2) is 7.68. The van der Waals surface area contributed by atoms with E-state index in [1.807, 2.05) is 30.3 Å². The van der Waals surface area contributed by atoms with Gasteiger partial charge in [-0.25, -0.2) is 0 Å². The number of amides is 1. The van der Waals surface area contributed by atoms with Crippen molar-refractivity contribution < 1.29 is 9.53 Å². The Hall–Kier alpha value is -2.75. The number of fused-ring (bicyclic) bond motifs is 1. The molecule has 0 unspecified atom stereocenters. The molecule has 0 bridgehead atoms. The number of rotatable bonds is 7. The molecule has 4 heteroatoms. The molecule has 0 atom stereocenters. The van der Waals surface area contributed by atoms with Crippen LogP contribution in [0.2, 0.25) is 0 Å². The number of aryl methyl sites for hydroxylation is 1. The first-order valence-electron chi connectivity index (χ1n) is 8.20. The zero-order valence-electron chi connectivity index (χ0n) is 13.9. The fraction of sp³-hybridized carbons (Fsp3) is 0.250. The fourth-order valence-corrected chi connectivity index (χ4v) is 2.84. The lowest BCUT2D eigenvalue weighted by molar-refractivity contribution is -0.120. The summed E-state index contributed by atoms with van der Waals surface area (Å²) in [5.41, 5.74) is 2.20. The summed E-state index contributed by atoms with van der Waals surface area (Å²) >= 11 is 0. The molecular weight excluding hydrogens is 300 g/mol. The second-order valence-corrected chi connectivity index (χ2v) is 5.80. The number of nitrogens with zero attached hydrogens (tertiary/aromatic N) is 1. The summed E-state index contributed by atoms with van der Waals surface area (Å²) in [6.07, 6.45) is 3.38. The van der Waals surface area contributed by atoms with E-state index in [2.05, 4.69) is 40.3 Å². The highest BCUT2D eigenvalue weighted by Gasteiger charge is 2.04. The first kappa shape index (κ1) is 16.1. The van der Waals surface area contributed by atoms with Crippen molar-refractivity contribution in [3.05, 3.63) is 66.4 Å². The van der Waals surface area contributed by atoms with Crippen molar-refractivity contribution in [3.8, 4) is 5.75 Å². The van der Waals surface area contributed by atoms with Crippen LogP contribution in [0, 0.1) is 0 Å². The number of aromatic nitrogens is 1. The van der Waals surface area contributed by atoms with Crippen LogP contribution >= 0.6 is 0 Å². The Morgan fingerprint density at radius 2 is 2.00 bits per heavy atom. The van der Waals surface area contributed by atoms with Gasteiger partial charge in [-0.15, -0.1) is 0 Å². The van der Waals surface area contributed by atoms with Crippen LogP contribution in [0.1, 0.15) is 12.0 Å². The van der Waals surface area contributed by atoms with E-state index >= 15 is 0 Å². The zero-order valence-corrected chi connectivity index (χ0v) is 13.9. The van der Waals surface area contributed by atoms with Gasteiger partial charge < -0.3 is 14.6 Å². The van der Waals surface area contributed by atoms with Crippen LogP contribution in [0.25, 0.3) is 10.9 Å². The first-order chi connectivity index (χ1) is 11.8. The Morgan fingerprint density at radius 1 is 1.12 bits per heavy atom. The molecular formula is C20H22N2O2. The molecule has 0 radical (unpaired) electrons. The third-order valence-electron chi connectivity index (χ3n) is 4.08. The molecule has 0 aliphatic heterocycles. The summed E-state index contributed by atoms with van der Waals surface area (Å²) in [6, 6.07) is 18.1. The summed E-state index contributed by atoms with van der Waals surface area (Å²) in [4.78, 5) is 12.0. The van der Waals surface area contributed by atoms with Gasteiger partial charge in [0.05, 0.1) is 13.5 Å². The SMILES string of the molecule is COc1cccc(CC(=O)NCCCn2ccc3ccccc32)c1. The van der Waals surface area contributed by atoms with E-state index in [9.17, 15) is 4.79 Å². The molecule has 1 heterocycles. The number of para-hydroxylation sites is 1. The predicted molar refractivity (Wildman–Crippen MR) is 96.3 cm³/mol. The van der Waals surface area contributed by atoms with Crippen molar-refractivity contribution >= 4 is 16.8 Å². The largest absolute Gasteiger partial charge is 0.497 e. The smallest absolute Gasteiger partial charge is 0.224 e. The Balaban J connectivity index is 1.45. The molecule has 2 aromatic carbocycles. The summed E-state index contributed by atoms with van der Waals surface area (Å²) in [6.45, 7) is 1.57. The summed E-state index contributed by atoms with van der Waals surface area (Å²) in [5.74, 6) is 0.820. The third-order valence-corrected chi connectivity index (χ3v) is 4.08. The molecule has 0 saturated carbocycles. The van der Waals surface area contributed by atoms with E-state index in [0.717, 1.165) is 24.3 Å². The zero-order chi connectivity index (χ0) is 16.8. The minimum Gasteiger partial charge on any atom is -0.497 e. The monoisotopic (exact) mass is 322 g/mol. The second-order valence-electron chi connectivity index (χ2n) is 5.80. The van der Waals surface area contributed by atoms with Crippen molar-refractivity contribution in [2.24, 2.45) is 0 Å². The number of methoxy groups -OCH3 is 1. The van der Waals surface area contributed by atoms with Gasteiger partial charge in [0.15, 0.2) is 0 Å². The average molecular weight is 322 g/mol. The molecule has 1 aromatic heterocycles. The van der Waals surface area contributed by atoms with Crippen LogP contribution in [0.5, 0.6) is 5.75 Å². The third kappa shape index (κ3) is 3.96. The van der Waals surface area contributed by atoms with Gasteiger partial charge in [-0.1, -0.05) is 30.3 Å². The Kier molecular flexibility index (Phi) is 5.16. The highest BCUT2D eigenvalue weighted by molar-refractivity contribution is 5.80. The van der Waals surface area contributed by atoms with Crippen LogP contribution in [-0.2, 0) is 17.8 Å². The molecule has 0 spiro atoms. The first-order valence-corrected chi connectivity index (χ1v) is 8.20. The number of hydrogen-bond acceptors (Lipinski definition) is 2. The number of nitrogens with one attached hydrogen (secondary N) is 1. The Labute approximate surface area is 142 Å². The van der Waals surface area contributed by atoms with Crippen LogP contribution in [0.4, 0.5) is 0 Å². The van der Waals surface area contributed by atoms with Crippen molar-refractivity contribution in [2.75, 3.05) is 13.7 Å². The van der Waals surface area contributed by atoms with Crippen LogP contribution < -0.4 is 10.1 Å². The number of carbonyl (C=O) groups excluding carboxylic acids is 1. The lowest BCUT2D eigenvalue weighted by Gasteiger charge is -2.08. The number of benzene rings is 2. The maximum atomic E-state index is 12.0. The van der Waals surface area contributed by atoms with E-state index in [4.69, 9.17) is 4.74 Å². The van der Waals surface area contributed by atoms with Crippen molar-refractivity contribution in [3.63, 3.8) is 0 Å². The molecule has 3 aromatic rings. The van der Waals surface area contributed by atoms with E-state index in [1.54, 1.807) is 7.11 Å². The number of carbonyl (C=O) groups is 1. The number of hydrogen-bond donors (Lipinski definition) is 1. The van der Waals surface area contributed by atoms with E-state index in [-0.39, 0.29) is 5.91 Å². The van der Waals surface area contributed by atoms with Crippen molar-refractivity contribution in [1.29, 1.82) is 0 Å². The molecule has 0 aliphatic rings. The summed E-state index contributed by atoms with van der Waals surface area (Å²) in [5, 5.41) is 4.24. The van der Waals surface area contributed by atoms with Gasteiger partial charge in [0.2, 0.25) is 5.91 Å². The molecule has 1 N–H and O–H groups in total. The topological polar surface area (TPSA) is 43.3 Å². The van der Waals surface area contributed by atoms with Crippen LogP contribution in [0.15, 0.2) is 60.8 Å². The molecule has 0 aliphatic carbocycles. The van der Waals surface area contributed by atoms with Gasteiger partial charge in [0, 0.05) is 24.8 Å². The standard InChI is InChI=1S/C20H22N2O2/c1-24-18-8-4-6-16(14-18)15-20(23)21-11-5-12-22-13-10-17-7-2-3-9-19(17)22/h2-4,6-10,13-14H,5,11-12,15H2,1H3,(H,21,23). The van der Waals surface area contributed by atoms with E-state index < -0.39 is 0 Å². The van der Waals surface area contributed by atoms with Gasteiger partial charge >= 0.3 is 0 Å². The molecule has 24 heavy (non-hydrogen) atoms. The lowest BCUT2D eigenvalue weighted by Crippen LogP contribution is -2.26. The molecule has 0 saturated heterocycles. The van der Waals surface area contributed by atoms with Gasteiger partial charge in [-0.3, -0.25) is 4.79 Å². The molecule has 124 valence electrons. The molecule has 4 nitrogen and oxygen atoms in total. The van der Waals surface area contributed by atoms with Gasteiger partial charge in [0.25, 0.3) is 0 Å². The molecule has 1 amide bonds. The molecule has 3 rings (SSSR count). The van der Waals surface area contributed by atoms with Crippen LogP contribution in [0.3, 0.4) is 0 Å². The van der Waals surface area contributed by atoms with Crippen molar-refractivity contribution in [1.82, 2.24) is 9.88 Å². The Bertz CT molecular complexity index is 823. The predicted octanol–water partition coefficient (Wildman–Crippen LogP) is 3.40. The minimum absolute atomic E-state index is 0.0422. The quantitative estimate of drug-likeness (QED) is 0.678. The summed E-state index contributed by atoms with van der Waals surface area (Å²) < 4.78 is 7.40. The maximum absolute atomic E-state index is 12.0. The lowest BCUT2D eigenvalue weighted by atomic mass is 10.1. The molecule has 0 fully saturated rings. The normalized spacial score (nSPS) is 10.7. The highest BCUT2D eigenvalue weighted by atomic mass is 16.5.